The van der Waals surface area contributed by atoms with E-state index in [9.17, 15) is 23.7 Å². The lowest BCUT2D eigenvalue weighted by Gasteiger charge is -2.20. The van der Waals surface area contributed by atoms with Crippen molar-refractivity contribution >= 4 is 43.6 Å². The molecule has 64 heavy (non-hydrogen) atoms. The van der Waals surface area contributed by atoms with E-state index in [0.717, 1.165) is 100 Å². The Morgan fingerprint density at radius 3 is 1.34 bits per heavy atom. The molecule has 0 bridgehead atoms. The molecule has 0 radical (unpaired) electrons. The van der Waals surface area contributed by atoms with E-state index in [4.69, 9.17) is 0 Å². The van der Waals surface area contributed by atoms with Crippen molar-refractivity contribution in [2.24, 2.45) is 0 Å². The van der Waals surface area contributed by atoms with Crippen LogP contribution in [0.5, 0.6) is 0 Å². The van der Waals surface area contributed by atoms with Crippen LogP contribution in [0.15, 0.2) is 140 Å². The first-order valence-electron chi connectivity index (χ1n) is 21.2. The second kappa shape index (κ2) is 14.9. The minimum Gasteiger partial charge on any atom is -0.307 e. The van der Waals surface area contributed by atoms with Gasteiger partial charge in [0.05, 0.1) is 62.3 Å². The molecule has 0 aliphatic rings. The van der Waals surface area contributed by atoms with E-state index in [2.05, 4.69) is 142 Å². The topological polar surface area (TPSA) is 57.4 Å². The van der Waals surface area contributed by atoms with Crippen molar-refractivity contribution in [2.45, 2.75) is 47.7 Å². The molecular formula is C57H41F3N4. The monoisotopic (exact) mass is 838 g/mol. The molecule has 2 aromatic heterocycles. The number of rotatable bonds is 5. The number of alkyl halides is 3. The molecule has 10 aromatic rings. The van der Waals surface area contributed by atoms with E-state index in [-0.39, 0.29) is 22.3 Å². The van der Waals surface area contributed by atoms with Gasteiger partial charge in [-0.25, -0.2) is 0 Å². The Morgan fingerprint density at radius 2 is 0.891 bits per heavy atom. The Balaban J connectivity index is 1.38. The lowest BCUT2D eigenvalue weighted by atomic mass is 9.93. The summed E-state index contributed by atoms with van der Waals surface area (Å²) in [5.74, 6) is 0. The molecule has 0 spiro atoms. The van der Waals surface area contributed by atoms with Crippen molar-refractivity contribution in [3.8, 4) is 56.9 Å². The quantitative estimate of drug-likeness (QED) is 0.173. The molecule has 0 fully saturated rings. The van der Waals surface area contributed by atoms with Crippen molar-refractivity contribution in [1.82, 2.24) is 9.13 Å². The van der Waals surface area contributed by atoms with E-state index in [1.807, 2.05) is 36.4 Å². The number of hydrogen-bond acceptors (Lipinski definition) is 2. The third-order valence-corrected chi connectivity index (χ3v) is 12.7. The number of nitrogens with zero attached hydrogens (tertiary/aromatic N) is 4. The zero-order chi connectivity index (χ0) is 44.8. The summed E-state index contributed by atoms with van der Waals surface area (Å²) < 4.78 is 47.8. The molecule has 0 unspecified atom stereocenters. The van der Waals surface area contributed by atoms with E-state index < -0.39 is 11.7 Å². The van der Waals surface area contributed by atoms with Crippen molar-refractivity contribution in [3.05, 3.63) is 190 Å². The molecule has 0 amide bonds. The minimum absolute atomic E-state index is 0.123. The van der Waals surface area contributed by atoms with Gasteiger partial charge in [0.2, 0.25) is 0 Å². The standard InChI is InChI=1S/C57H41F3N4/c1-32-19-34(3)55(35(4)20-32)39-15-17-46-44-11-7-9-13-49(44)63(51(46)26-39)53-28-42(31-62)48(41-23-38(30-61)24-43(25-41)57(58,59)60)29-54(53)64-50-14-10-8-12-45(50)47-18-16-40(27-52(47)64)56-36(5)21-33(2)22-37(56)6/h7-29H,1-6H3. The normalized spacial score (nSPS) is 11.8. The summed E-state index contributed by atoms with van der Waals surface area (Å²) in [7, 11) is 0. The lowest BCUT2D eigenvalue weighted by Crippen LogP contribution is -2.07. The summed E-state index contributed by atoms with van der Waals surface area (Å²) in [6.45, 7) is 12.7. The number of benzene rings is 8. The first kappa shape index (κ1) is 40.2. The van der Waals surface area contributed by atoms with Crippen molar-refractivity contribution in [1.29, 1.82) is 10.5 Å². The minimum atomic E-state index is -4.72. The van der Waals surface area contributed by atoms with Gasteiger partial charge in [0.15, 0.2) is 0 Å². The summed E-state index contributed by atoms with van der Waals surface area (Å²) in [4.78, 5) is 0. The Morgan fingerprint density at radius 1 is 0.438 bits per heavy atom. The number of fused-ring (bicyclic) bond motifs is 6. The molecule has 0 atom stereocenters. The van der Waals surface area contributed by atoms with Gasteiger partial charge in [-0.05, 0) is 146 Å². The van der Waals surface area contributed by atoms with Crippen molar-refractivity contribution in [2.75, 3.05) is 0 Å². The maximum atomic E-state index is 14.5. The zero-order valence-corrected chi connectivity index (χ0v) is 36.2. The van der Waals surface area contributed by atoms with Gasteiger partial charge in [-0.15, -0.1) is 0 Å². The Labute approximate surface area is 369 Å². The molecule has 8 aromatic carbocycles. The third-order valence-electron chi connectivity index (χ3n) is 12.7. The van der Waals surface area contributed by atoms with Crippen molar-refractivity contribution in [3.63, 3.8) is 0 Å². The number of halogens is 3. The van der Waals surface area contributed by atoms with Crippen LogP contribution in [0, 0.1) is 64.2 Å². The maximum Gasteiger partial charge on any atom is 0.416 e. The smallest absolute Gasteiger partial charge is 0.307 e. The Hall–Kier alpha value is -7.87. The fourth-order valence-corrected chi connectivity index (χ4v) is 10.3. The maximum absolute atomic E-state index is 14.5. The SMILES string of the molecule is Cc1cc(C)c(-c2ccc3c4ccccc4n(-c4cc(C#N)c(-c5cc(C#N)cc(C(F)(F)F)c5)cc4-n4c5ccccc5c5ccc(-c6c(C)cc(C)cc6C)cc54)c3c2)c(C)c1. The summed E-state index contributed by atoms with van der Waals surface area (Å²) in [6, 6.07) is 49.4. The lowest BCUT2D eigenvalue weighted by molar-refractivity contribution is -0.137. The van der Waals surface area contributed by atoms with Crippen LogP contribution in [0.2, 0.25) is 0 Å². The average Bonchev–Trinajstić information content (AvgIpc) is 3.76. The highest BCUT2D eigenvalue weighted by atomic mass is 19.4. The molecular weight excluding hydrogens is 798 g/mol. The molecule has 2 heterocycles. The highest BCUT2D eigenvalue weighted by Gasteiger charge is 2.32. The van der Waals surface area contributed by atoms with Crippen LogP contribution in [0.4, 0.5) is 13.2 Å². The first-order chi connectivity index (χ1) is 30.7. The summed E-state index contributed by atoms with van der Waals surface area (Å²) in [6.07, 6.45) is -4.72. The van der Waals surface area contributed by atoms with Gasteiger partial charge >= 0.3 is 6.18 Å². The summed E-state index contributed by atoms with van der Waals surface area (Å²) >= 11 is 0. The molecule has 7 heteroatoms. The second-order valence-corrected chi connectivity index (χ2v) is 17.1. The molecule has 0 saturated carbocycles. The van der Waals surface area contributed by atoms with Crippen LogP contribution in [-0.2, 0) is 6.18 Å². The van der Waals surface area contributed by atoms with Gasteiger partial charge in [0.25, 0.3) is 0 Å². The van der Waals surface area contributed by atoms with Gasteiger partial charge in [0, 0.05) is 27.1 Å². The summed E-state index contributed by atoms with van der Waals surface area (Å²) in [5, 5.41) is 25.0. The predicted octanol–water partition coefficient (Wildman–Crippen LogP) is 15.5. The number of aromatic nitrogens is 2. The van der Waals surface area contributed by atoms with Gasteiger partial charge in [-0.1, -0.05) is 96.1 Å². The second-order valence-electron chi connectivity index (χ2n) is 17.1. The van der Waals surface area contributed by atoms with E-state index >= 15 is 0 Å². The average molecular weight is 839 g/mol. The molecule has 0 N–H and O–H groups in total. The fourth-order valence-electron chi connectivity index (χ4n) is 10.3. The van der Waals surface area contributed by atoms with Crippen LogP contribution in [-0.4, -0.2) is 9.13 Å². The van der Waals surface area contributed by atoms with Crippen LogP contribution in [0.25, 0.3) is 88.4 Å². The Kier molecular flexibility index (Phi) is 9.36. The summed E-state index contributed by atoms with van der Waals surface area (Å²) in [5.41, 5.74) is 15.7. The number of aryl methyl sites for hydroxylation is 6. The largest absolute Gasteiger partial charge is 0.416 e. The number of nitriles is 2. The van der Waals surface area contributed by atoms with Crippen LogP contribution in [0.1, 0.15) is 50.1 Å². The molecule has 310 valence electrons. The number of hydrogen-bond donors (Lipinski definition) is 0. The van der Waals surface area contributed by atoms with E-state index in [1.54, 1.807) is 6.07 Å². The van der Waals surface area contributed by atoms with Crippen LogP contribution < -0.4 is 0 Å². The van der Waals surface area contributed by atoms with Crippen LogP contribution >= 0.6 is 0 Å². The molecule has 4 nitrogen and oxygen atoms in total. The van der Waals surface area contributed by atoms with Gasteiger partial charge < -0.3 is 9.13 Å². The van der Waals surface area contributed by atoms with E-state index in [0.29, 0.717) is 11.4 Å². The molecule has 0 aliphatic carbocycles. The first-order valence-corrected chi connectivity index (χ1v) is 21.2. The van der Waals surface area contributed by atoms with Gasteiger partial charge in [0.1, 0.15) is 0 Å². The predicted molar refractivity (Wildman–Crippen MR) is 254 cm³/mol. The molecule has 0 aliphatic heterocycles. The zero-order valence-electron chi connectivity index (χ0n) is 36.2. The molecule has 10 rings (SSSR count). The highest BCUT2D eigenvalue weighted by molar-refractivity contribution is 6.13. The van der Waals surface area contributed by atoms with E-state index in [1.165, 1.54) is 17.2 Å². The Bertz CT molecular complexity index is 3650. The van der Waals surface area contributed by atoms with Gasteiger partial charge in [-0.2, -0.15) is 23.7 Å². The van der Waals surface area contributed by atoms with Crippen molar-refractivity contribution < 1.29 is 13.2 Å². The third kappa shape index (κ3) is 6.43. The fraction of sp³-hybridized carbons (Fsp3) is 0.123. The highest BCUT2D eigenvalue weighted by Crippen LogP contribution is 2.44. The number of para-hydroxylation sites is 2. The molecule has 0 saturated heterocycles. The van der Waals surface area contributed by atoms with Crippen LogP contribution in [0.3, 0.4) is 0 Å². The van der Waals surface area contributed by atoms with Gasteiger partial charge in [-0.3, -0.25) is 0 Å².